The molecule has 6 nitrogen and oxygen atoms in total. The van der Waals surface area contributed by atoms with E-state index in [9.17, 15) is 10.1 Å². The maximum Gasteiger partial charge on any atom is 0.290 e. The van der Waals surface area contributed by atoms with E-state index in [4.69, 9.17) is 9.47 Å². The van der Waals surface area contributed by atoms with E-state index in [1.165, 1.54) is 26.4 Å². The van der Waals surface area contributed by atoms with Gasteiger partial charge in [0, 0.05) is 17.9 Å². The quantitative estimate of drug-likeness (QED) is 0.758. The molecule has 0 atom stereocenters. The van der Waals surface area contributed by atoms with Crippen molar-refractivity contribution in [3.63, 3.8) is 0 Å². The molecule has 0 fully saturated rings. The molecular formula is C12H14N2O4. The van der Waals surface area contributed by atoms with Gasteiger partial charge in [0.25, 0.3) is 11.2 Å². The molecule has 1 heterocycles. The molecule has 18 heavy (non-hydrogen) atoms. The number of methoxy groups -OCH3 is 2. The van der Waals surface area contributed by atoms with Gasteiger partial charge in [-0.05, 0) is 6.92 Å². The monoisotopic (exact) mass is 250 g/mol. The van der Waals surface area contributed by atoms with Gasteiger partial charge in [-0.3, -0.25) is 0 Å². The third-order valence-electron chi connectivity index (χ3n) is 3.05. The largest absolute Gasteiger partial charge is 0.805 e. The average molecular weight is 250 g/mol. The van der Waals surface area contributed by atoms with Crippen molar-refractivity contribution in [2.45, 2.75) is 13.8 Å². The smallest absolute Gasteiger partial charge is 0.290 e. The zero-order chi connectivity index (χ0) is 13.4. The Kier molecular flexibility index (Phi) is 2.86. The Morgan fingerprint density at radius 1 is 1.17 bits per heavy atom. The number of nitrogens with zero attached hydrogens (tertiary/aromatic N) is 2. The molecule has 0 bridgehead atoms. The van der Waals surface area contributed by atoms with E-state index < -0.39 is 0 Å². The summed E-state index contributed by atoms with van der Waals surface area (Å²) in [6.45, 7) is 3.21. The van der Waals surface area contributed by atoms with Crippen LogP contribution in [0.2, 0.25) is 0 Å². The highest BCUT2D eigenvalue weighted by Crippen LogP contribution is 2.30. The lowest BCUT2D eigenvalue weighted by atomic mass is 10.2. The molecule has 0 radical (unpaired) electrons. The Morgan fingerprint density at radius 2 is 1.72 bits per heavy atom. The van der Waals surface area contributed by atoms with Crippen LogP contribution >= 0.6 is 0 Å². The van der Waals surface area contributed by atoms with Crippen molar-refractivity contribution >= 4 is 11.0 Å². The van der Waals surface area contributed by atoms with E-state index >= 15 is 0 Å². The van der Waals surface area contributed by atoms with Crippen LogP contribution in [0.3, 0.4) is 0 Å². The standard InChI is InChI=1S/C12H14N2O4/c1-7-8(2)14(16)10-6-12(18-4)11(17-3)5-9(10)13(7)15/h5-6H,1-4H3. The molecule has 96 valence electrons. The van der Waals surface area contributed by atoms with Crippen LogP contribution in [0.15, 0.2) is 12.1 Å². The lowest BCUT2D eigenvalue weighted by Crippen LogP contribution is -2.24. The summed E-state index contributed by atoms with van der Waals surface area (Å²) < 4.78 is 11.7. The van der Waals surface area contributed by atoms with Crippen LogP contribution in [0.5, 0.6) is 11.5 Å². The van der Waals surface area contributed by atoms with Crippen molar-refractivity contribution in [1.29, 1.82) is 0 Å². The van der Waals surface area contributed by atoms with E-state index in [0.717, 1.165) is 9.16 Å². The predicted octanol–water partition coefficient (Wildman–Crippen LogP) is 1.54. The van der Waals surface area contributed by atoms with E-state index in [0.29, 0.717) is 22.9 Å². The van der Waals surface area contributed by atoms with Gasteiger partial charge in [0.2, 0.25) is 0 Å². The van der Waals surface area contributed by atoms with Gasteiger partial charge in [-0.1, -0.05) is 0 Å². The molecule has 0 saturated heterocycles. The molecule has 0 aliphatic rings. The molecule has 1 aromatic heterocycles. The number of fused-ring (bicyclic) bond motifs is 1. The summed E-state index contributed by atoms with van der Waals surface area (Å²) in [5, 5.41) is 12.0. The molecule has 0 unspecified atom stereocenters. The molecule has 2 aromatic rings. The van der Waals surface area contributed by atoms with Gasteiger partial charge in [-0.25, -0.2) is 0 Å². The zero-order valence-corrected chi connectivity index (χ0v) is 10.7. The summed E-state index contributed by atoms with van der Waals surface area (Å²) >= 11 is 0. The minimum absolute atomic E-state index is 0.255. The van der Waals surface area contributed by atoms with Crippen LogP contribution < -0.4 is 13.9 Å². The maximum atomic E-state index is 12.0. The summed E-state index contributed by atoms with van der Waals surface area (Å²) in [6.07, 6.45) is 0. The fourth-order valence-electron chi connectivity index (χ4n) is 1.84. The summed E-state index contributed by atoms with van der Waals surface area (Å²) in [6, 6.07) is 3.00. The zero-order valence-electron chi connectivity index (χ0n) is 10.7. The lowest BCUT2D eigenvalue weighted by Gasteiger charge is -2.17. The molecule has 0 N–H and O–H groups in total. The van der Waals surface area contributed by atoms with E-state index in [1.54, 1.807) is 13.8 Å². The molecule has 0 spiro atoms. The number of benzene rings is 1. The van der Waals surface area contributed by atoms with Crippen LogP contribution in [0.1, 0.15) is 11.4 Å². The number of hydrogen-bond acceptors (Lipinski definition) is 4. The van der Waals surface area contributed by atoms with Gasteiger partial charge in [0.15, 0.2) is 11.5 Å². The van der Waals surface area contributed by atoms with Crippen molar-refractivity contribution in [3.8, 4) is 11.5 Å². The van der Waals surface area contributed by atoms with Crippen LogP contribution in [0, 0.1) is 24.0 Å². The Morgan fingerprint density at radius 3 is 2.28 bits per heavy atom. The van der Waals surface area contributed by atoms with Gasteiger partial charge < -0.3 is 19.4 Å². The Labute approximate surface area is 104 Å². The first-order chi connectivity index (χ1) is 8.51. The minimum atomic E-state index is 0.255. The average Bonchev–Trinajstić information content (AvgIpc) is 2.41. The van der Waals surface area contributed by atoms with E-state index in [-0.39, 0.29) is 11.0 Å². The van der Waals surface area contributed by atoms with Crippen molar-refractivity contribution in [1.82, 2.24) is 4.73 Å². The van der Waals surface area contributed by atoms with Crippen molar-refractivity contribution in [3.05, 3.63) is 33.6 Å². The second kappa shape index (κ2) is 4.21. The third-order valence-corrected chi connectivity index (χ3v) is 3.05. The molecule has 0 aliphatic carbocycles. The first-order valence-electron chi connectivity index (χ1n) is 5.39. The topological polar surface area (TPSA) is 69.4 Å². The highest BCUT2D eigenvalue weighted by molar-refractivity contribution is 5.77. The molecule has 0 amide bonds. The summed E-state index contributed by atoms with van der Waals surface area (Å²) in [4.78, 5) is 12.0. The fraction of sp³-hybridized carbons (Fsp3) is 0.333. The summed E-state index contributed by atoms with van der Waals surface area (Å²) in [5.41, 5.74) is 1.24. The van der Waals surface area contributed by atoms with Crippen molar-refractivity contribution in [2.24, 2.45) is 0 Å². The van der Waals surface area contributed by atoms with Crippen LogP contribution in [-0.2, 0) is 0 Å². The van der Waals surface area contributed by atoms with Crippen LogP contribution in [-0.4, -0.2) is 19.0 Å². The van der Waals surface area contributed by atoms with Gasteiger partial charge >= 0.3 is 0 Å². The minimum Gasteiger partial charge on any atom is -0.805 e. The fourth-order valence-corrected chi connectivity index (χ4v) is 1.84. The second-order valence-electron chi connectivity index (χ2n) is 3.96. The van der Waals surface area contributed by atoms with Gasteiger partial charge in [0.05, 0.1) is 30.4 Å². The normalized spacial score (nSPS) is 10.7. The molecular weight excluding hydrogens is 236 g/mol. The van der Waals surface area contributed by atoms with Crippen molar-refractivity contribution < 1.29 is 13.9 Å². The van der Waals surface area contributed by atoms with E-state index in [1.807, 2.05) is 0 Å². The third kappa shape index (κ3) is 1.57. The Bertz CT molecular complexity index is 676. The molecule has 0 saturated carbocycles. The lowest BCUT2D eigenvalue weighted by molar-refractivity contribution is -0.473. The van der Waals surface area contributed by atoms with Gasteiger partial charge in [-0.2, -0.15) is 0 Å². The van der Waals surface area contributed by atoms with Gasteiger partial charge in [0.1, 0.15) is 5.52 Å². The summed E-state index contributed by atoms with van der Waals surface area (Å²) in [7, 11) is 2.95. The number of aromatic nitrogens is 2. The van der Waals surface area contributed by atoms with Gasteiger partial charge in [-0.15, -0.1) is 0 Å². The number of hydrogen-bond donors (Lipinski definition) is 0. The molecule has 6 heteroatoms. The first-order valence-corrected chi connectivity index (χ1v) is 5.39. The highest BCUT2D eigenvalue weighted by atomic mass is 16.5. The number of rotatable bonds is 2. The maximum absolute atomic E-state index is 12.0. The SMILES string of the molecule is COc1cc2c(cc1OC)[n+](=O)c(C)c(C)n2[O-]. The van der Waals surface area contributed by atoms with Crippen LogP contribution in [0.25, 0.3) is 11.0 Å². The Balaban J connectivity index is 2.98. The predicted molar refractivity (Wildman–Crippen MR) is 66.6 cm³/mol. The first kappa shape index (κ1) is 12.2. The Hall–Kier alpha value is -2.24. The van der Waals surface area contributed by atoms with Crippen LogP contribution in [0.4, 0.5) is 0 Å². The summed E-state index contributed by atoms with van der Waals surface area (Å²) in [5.74, 6) is 0.829. The van der Waals surface area contributed by atoms with E-state index in [2.05, 4.69) is 0 Å². The molecule has 2 rings (SSSR count). The highest BCUT2D eigenvalue weighted by Gasteiger charge is 2.19. The number of ether oxygens (including phenoxy) is 2. The second-order valence-corrected chi connectivity index (χ2v) is 3.96. The molecule has 1 aromatic carbocycles. The van der Waals surface area contributed by atoms with Crippen molar-refractivity contribution in [2.75, 3.05) is 14.2 Å². The molecule has 0 aliphatic heterocycles.